The van der Waals surface area contributed by atoms with Crippen molar-refractivity contribution in [1.29, 1.82) is 0 Å². The van der Waals surface area contributed by atoms with Crippen LogP contribution in [0.15, 0.2) is 0 Å². The quantitative estimate of drug-likeness (QED) is 0.804. The Morgan fingerprint density at radius 2 is 2.12 bits per heavy atom. The van der Waals surface area contributed by atoms with Gasteiger partial charge in [0.1, 0.15) is 0 Å². The molecule has 1 aliphatic heterocycles. The van der Waals surface area contributed by atoms with Gasteiger partial charge >= 0.3 is 0 Å². The Hall–Kier alpha value is -0.120. The lowest BCUT2D eigenvalue weighted by molar-refractivity contribution is -0.138. The molecule has 3 nitrogen and oxygen atoms in total. The molecule has 16 heavy (non-hydrogen) atoms. The fourth-order valence-electron chi connectivity index (χ4n) is 3.25. The van der Waals surface area contributed by atoms with Crippen molar-refractivity contribution in [2.45, 2.75) is 56.7 Å². The van der Waals surface area contributed by atoms with Gasteiger partial charge in [-0.1, -0.05) is 19.3 Å². The van der Waals surface area contributed by atoms with E-state index in [1.807, 2.05) is 0 Å². The molecule has 1 aliphatic carbocycles. The molecule has 94 valence electrons. The van der Waals surface area contributed by atoms with Gasteiger partial charge in [-0.15, -0.1) is 0 Å². The number of ether oxygens (including phenoxy) is 2. The van der Waals surface area contributed by atoms with Crippen molar-refractivity contribution in [3.8, 4) is 0 Å². The zero-order valence-corrected chi connectivity index (χ0v) is 10.3. The van der Waals surface area contributed by atoms with E-state index in [1.54, 1.807) is 7.11 Å². The van der Waals surface area contributed by atoms with Crippen LogP contribution in [0.5, 0.6) is 0 Å². The van der Waals surface area contributed by atoms with Gasteiger partial charge in [-0.05, 0) is 31.6 Å². The minimum absolute atomic E-state index is 0.0931. The molecule has 3 heteroatoms. The zero-order chi connectivity index (χ0) is 11.4. The summed E-state index contributed by atoms with van der Waals surface area (Å²) in [6, 6.07) is 0. The van der Waals surface area contributed by atoms with E-state index < -0.39 is 0 Å². The summed E-state index contributed by atoms with van der Waals surface area (Å²) in [6.45, 7) is 1.27. The van der Waals surface area contributed by atoms with Gasteiger partial charge in [-0.25, -0.2) is 0 Å². The van der Waals surface area contributed by atoms with Crippen LogP contribution in [0, 0.1) is 5.92 Å². The summed E-state index contributed by atoms with van der Waals surface area (Å²) in [7, 11) is 1.65. The molecule has 2 unspecified atom stereocenters. The summed E-state index contributed by atoms with van der Waals surface area (Å²) in [5.74, 6) is 0.367. The predicted molar refractivity (Wildman–Crippen MR) is 62.4 cm³/mol. The maximum atomic E-state index is 10.0. The van der Waals surface area contributed by atoms with E-state index in [1.165, 1.54) is 32.1 Å². The molecule has 1 saturated heterocycles. The number of hydrogen-bond acceptors (Lipinski definition) is 3. The van der Waals surface area contributed by atoms with Gasteiger partial charge in [0, 0.05) is 13.7 Å². The van der Waals surface area contributed by atoms with Gasteiger partial charge in [0.15, 0.2) is 0 Å². The normalized spacial score (nSPS) is 31.5. The second-order valence-corrected chi connectivity index (χ2v) is 5.37. The molecule has 0 aromatic heterocycles. The molecule has 0 amide bonds. The maximum Gasteiger partial charge on any atom is 0.0803 e. The number of hydrogen-bond donors (Lipinski definition) is 1. The third kappa shape index (κ3) is 2.76. The number of aliphatic hydroxyl groups is 1. The standard InChI is InChI=1S/C13H24O3/c1-15-10-12(14)11-5-8-16-13(9-11)6-3-2-4-7-13/h11-12,14H,2-10H2,1H3. The molecule has 0 radical (unpaired) electrons. The van der Waals surface area contributed by atoms with E-state index in [4.69, 9.17) is 9.47 Å². The van der Waals surface area contributed by atoms with Crippen LogP contribution in [-0.4, -0.2) is 37.1 Å². The highest BCUT2D eigenvalue weighted by Gasteiger charge is 2.40. The van der Waals surface area contributed by atoms with Crippen LogP contribution < -0.4 is 0 Å². The molecule has 1 N–H and O–H groups in total. The van der Waals surface area contributed by atoms with E-state index in [2.05, 4.69) is 0 Å². The molecule has 2 rings (SSSR count). The van der Waals surface area contributed by atoms with Crippen LogP contribution in [0.25, 0.3) is 0 Å². The minimum atomic E-state index is -0.312. The van der Waals surface area contributed by atoms with Crippen molar-refractivity contribution >= 4 is 0 Å². The lowest BCUT2D eigenvalue weighted by Crippen LogP contribution is -2.45. The van der Waals surface area contributed by atoms with Crippen molar-refractivity contribution in [3.05, 3.63) is 0 Å². The Balaban J connectivity index is 1.92. The Morgan fingerprint density at radius 1 is 1.38 bits per heavy atom. The fourth-order valence-corrected chi connectivity index (χ4v) is 3.25. The summed E-state index contributed by atoms with van der Waals surface area (Å²) in [6.07, 6.45) is 7.97. The topological polar surface area (TPSA) is 38.7 Å². The third-order valence-corrected chi connectivity index (χ3v) is 4.18. The van der Waals surface area contributed by atoms with Crippen LogP contribution in [0.4, 0.5) is 0 Å². The van der Waals surface area contributed by atoms with Gasteiger partial charge in [-0.3, -0.25) is 0 Å². The predicted octanol–water partition coefficient (Wildman–Crippen LogP) is 2.12. The highest BCUT2D eigenvalue weighted by Crippen LogP contribution is 2.41. The second-order valence-electron chi connectivity index (χ2n) is 5.37. The van der Waals surface area contributed by atoms with E-state index in [0.717, 1.165) is 19.4 Å². The molecule has 0 bridgehead atoms. The SMILES string of the molecule is COCC(O)C1CCOC2(CCCCC2)C1. The van der Waals surface area contributed by atoms with E-state index in [0.29, 0.717) is 12.5 Å². The summed E-state index contributed by atoms with van der Waals surface area (Å²) in [5.41, 5.74) is 0.0931. The molecule has 1 spiro atoms. The van der Waals surface area contributed by atoms with Crippen LogP contribution in [0.2, 0.25) is 0 Å². The molecule has 2 atom stereocenters. The second kappa shape index (κ2) is 5.48. The van der Waals surface area contributed by atoms with Crippen LogP contribution in [0.1, 0.15) is 44.9 Å². The van der Waals surface area contributed by atoms with Crippen molar-refractivity contribution in [1.82, 2.24) is 0 Å². The molecule has 2 aliphatic rings. The summed E-state index contributed by atoms with van der Waals surface area (Å²) >= 11 is 0. The Labute approximate surface area is 98.1 Å². The average Bonchev–Trinajstić information content (AvgIpc) is 2.30. The number of rotatable bonds is 3. The Morgan fingerprint density at radius 3 is 2.81 bits per heavy atom. The Bertz CT molecular complexity index is 206. The summed E-state index contributed by atoms with van der Waals surface area (Å²) in [5, 5.41) is 10.0. The number of methoxy groups -OCH3 is 1. The van der Waals surface area contributed by atoms with Crippen molar-refractivity contribution in [3.63, 3.8) is 0 Å². The fraction of sp³-hybridized carbons (Fsp3) is 1.00. The first-order chi connectivity index (χ1) is 7.76. The van der Waals surface area contributed by atoms with Crippen molar-refractivity contribution in [2.24, 2.45) is 5.92 Å². The highest BCUT2D eigenvalue weighted by atomic mass is 16.5. The molecular weight excluding hydrogens is 204 g/mol. The largest absolute Gasteiger partial charge is 0.390 e. The molecule has 2 fully saturated rings. The molecule has 0 aromatic carbocycles. The van der Waals surface area contributed by atoms with Crippen molar-refractivity contribution in [2.75, 3.05) is 20.3 Å². The number of aliphatic hydroxyl groups excluding tert-OH is 1. The molecule has 1 heterocycles. The summed E-state index contributed by atoms with van der Waals surface area (Å²) < 4.78 is 11.1. The Kier molecular flexibility index (Phi) is 4.22. The first kappa shape index (κ1) is 12.3. The smallest absolute Gasteiger partial charge is 0.0803 e. The minimum Gasteiger partial charge on any atom is -0.390 e. The lowest BCUT2D eigenvalue weighted by Gasteiger charge is -2.44. The lowest BCUT2D eigenvalue weighted by atomic mass is 9.75. The summed E-state index contributed by atoms with van der Waals surface area (Å²) in [4.78, 5) is 0. The third-order valence-electron chi connectivity index (χ3n) is 4.18. The van der Waals surface area contributed by atoms with Crippen LogP contribution >= 0.6 is 0 Å². The molecular formula is C13H24O3. The first-order valence-corrected chi connectivity index (χ1v) is 6.57. The van der Waals surface area contributed by atoms with Gasteiger partial charge in [0.25, 0.3) is 0 Å². The highest BCUT2D eigenvalue weighted by molar-refractivity contribution is 4.91. The monoisotopic (exact) mass is 228 g/mol. The van der Waals surface area contributed by atoms with E-state index >= 15 is 0 Å². The maximum absolute atomic E-state index is 10.0. The average molecular weight is 228 g/mol. The van der Waals surface area contributed by atoms with Gasteiger partial charge in [-0.2, -0.15) is 0 Å². The van der Waals surface area contributed by atoms with Gasteiger partial charge in [0.2, 0.25) is 0 Å². The van der Waals surface area contributed by atoms with Crippen LogP contribution in [0.3, 0.4) is 0 Å². The first-order valence-electron chi connectivity index (χ1n) is 6.57. The zero-order valence-electron chi connectivity index (χ0n) is 10.3. The van der Waals surface area contributed by atoms with Crippen molar-refractivity contribution < 1.29 is 14.6 Å². The van der Waals surface area contributed by atoms with Gasteiger partial charge in [0.05, 0.1) is 18.3 Å². The molecule has 0 aromatic rings. The van der Waals surface area contributed by atoms with E-state index in [9.17, 15) is 5.11 Å². The van der Waals surface area contributed by atoms with Crippen LogP contribution in [-0.2, 0) is 9.47 Å². The molecule has 1 saturated carbocycles. The van der Waals surface area contributed by atoms with E-state index in [-0.39, 0.29) is 11.7 Å². The van der Waals surface area contributed by atoms with Gasteiger partial charge < -0.3 is 14.6 Å².